The van der Waals surface area contributed by atoms with E-state index < -0.39 is 0 Å². The van der Waals surface area contributed by atoms with Crippen LogP contribution in [0.1, 0.15) is 75.0 Å². The fourth-order valence-electron chi connectivity index (χ4n) is 3.95. The van der Waals surface area contributed by atoms with Crippen molar-refractivity contribution in [3.8, 4) is 17.6 Å². The van der Waals surface area contributed by atoms with Crippen molar-refractivity contribution in [1.29, 1.82) is 0 Å². The molecule has 1 nitrogen and oxygen atoms in total. The van der Waals surface area contributed by atoms with E-state index in [0.29, 0.717) is 11.8 Å². The van der Waals surface area contributed by atoms with Crippen LogP contribution in [-0.2, 0) is 6.42 Å². The van der Waals surface area contributed by atoms with Crippen LogP contribution in [0.2, 0.25) is 0 Å². The third kappa shape index (κ3) is 6.82. The molecular formula is C28H34O. The lowest BCUT2D eigenvalue weighted by Crippen LogP contribution is -2.11. The average molecular weight is 387 g/mol. The molecule has 1 saturated carbocycles. The van der Waals surface area contributed by atoms with Crippen molar-refractivity contribution in [2.75, 3.05) is 6.61 Å². The minimum Gasteiger partial charge on any atom is -0.494 e. The second-order valence-corrected chi connectivity index (χ2v) is 8.06. The summed E-state index contributed by atoms with van der Waals surface area (Å²) >= 11 is 0. The van der Waals surface area contributed by atoms with Gasteiger partial charge in [0.05, 0.1) is 6.61 Å². The quantitative estimate of drug-likeness (QED) is 0.358. The van der Waals surface area contributed by atoms with Gasteiger partial charge in [0.2, 0.25) is 0 Å². The molecule has 1 fully saturated rings. The Kier molecular flexibility index (Phi) is 8.44. The van der Waals surface area contributed by atoms with Crippen LogP contribution in [0.4, 0.5) is 0 Å². The van der Waals surface area contributed by atoms with Gasteiger partial charge in [0.1, 0.15) is 5.75 Å². The molecule has 1 aliphatic carbocycles. The van der Waals surface area contributed by atoms with Gasteiger partial charge in [-0.1, -0.05) is 62.5 Å². The van der Waals surface area contributed by atoms with Gasteiger partial charge in [0.15, 0.2) is 0 Å². The van der Waals surface area contributed by atoms with Crippen molar-refractivity contribution in [3.63, 3.8) is 0 Å². The fourth-order valence-corrected chi connectivity index (χ4v) is 3.95. The van der Waals surface area contributed by atoms with Gasteiger partial charge < -0.3 is 4.74 Å². The summed E-state index contributed by atoms with van der Waals surface area (Å²) in [4.78, 5) is 0. The Balaban J connectivity index is 1.44. The highest BCUT2D eigenvalue weighted by Gasteiger charge is 2.20. The molecule has 152 valence electrons. The Bertz CT molecular complexity index is 809. The van der Waals surface area contributed by atoms with E-state index in [1.54, 1.807) is 0 Å². The van der Waals surface area contributed by atoms with Crippen LogP contribution < -0.4 is 4.74 Å². The summed E-state index contributed by atoms with van der Waals surface area (Å²) < 4.78 is 5.78. The number of unbranched alkanes of at least 4 members (excludes halogenated alkanes) is 1. The monoisotopic (exact) mass is 386 g/mol. The minimum atomic E-state index is 0.666. The van der Waals surface area contributed by atoms with E-state index >= 15 is 0 Å². The number of rotatable bonds is 7. The van der Waals surface area contributed by atoms with E-state index in [2.05, 4.69) is 86.4 Å². The molecule has 0 heterocycles. The van der Waals surface area contributed by atoms with Crippen LogP contribution in [0.15, 0.2) is 60.7 Å². The molecule has 29 heavy (non-hydrogen) atoms. The third-order valence-corrected chi connectivity index (χ3v) is 5.92. The largest absolute Gasteiger partial charge is 0.494 e. The minimum absolute atomic E-state index is 0.666. The maximum atomic E-state index is 5.78. The second kappa shape index (κ2) is 11.5. The molecule has 0 unspecified atom stereocenters. The maximum Gasteiger partial charge on any atom is 0.119 e. The van der Waals surface area contributed by atoms with E-state index in [4.69, 9.17) is 4.74 Å². The molecule has 0 aromatic heterocycles. The third-order valence-electron chi connectivity index (χ3n) is 5.92. The van der Waals surface area contributed by atoms with Gasteiger partial charge in [-0.2, -0.15) is 0 Å². The predicted molar refractivity (Wildman–Crippen MR) is 123 cm³/mol. The molecule has 0 amide bonds. The molecule has 1 aliphatic rings. The number of hydrogen-bond acceptors (Lipinski definition) is 1. The summed E-state index contributed by atoms with van der Waals surface area (Å²) in [6, 6.07) is 17.4. The van der Waals surface area contributed by atoms with Crippen LogP contribution in [0.25, 0.3) is 0 Å². The Labute approximate surface area is 177 Å². The first-order valence-corrected chi connectivity index (χ1v) is 11.3. The van der Waals surface area contributed by atoms with E-state index in [1.807, 2.05) is 0 Å². The van der Waals surface area contributed by atoms with Crippen molar-refractivity contribution in [3.05, 3.63) is 77.4 Å². The number of aryl methyl sites for hydroxylation is 1. The van der Waals surface area contributed by atoms with E-state index in [-0.39, 0.29) is 0 Å². The molecule has 3 rings (SSSR count). The van der Waals surface area contributed by atoms with Gasteiger partial charge in [0.25, 0.3) is 0 Å². The van der Waals surface area contributed by atoms with Crippen LogP contribution in [0, 0.1) is 17.8 Å². The fraction of sp³-hybridized carbons (Fsp3) is 0.429. The van der Waals surface area contributed by atoms with Gasteiger partial charge in [0, 0.05) is 5.56 Å². The van der Waals surface area contributed by atoms with Crippen molar-refractivity contribution < 1.29 is 4.74 Å². The number of allylic oxidation sites excluding steroid dienone is 2. The molecular weight excluding hydrogens is 352 g/mol. The summed E-state index contributed by atoms with van der Waals surface area (Å²) in [7, 11) is 0. The SMILES string of the molecule is CCCCOc1ccc(C2CCC(/C=C/C#Cc3ccc(CC)cc3)CC2)cc1. The predicted octanol–water partition coefficient (Wildman–Crippen LogP) is 7.31. The van der Waals surface area contributed by atoms with Crippen molar-refractivity contribution in [2.24, 2.45) is 5.92 Å². The first-order valence-electron chi connectivity index (χ1n) is 11.3. The zero-order valence-electron chi connectivity index (χ0n) is 18.0. The standard InChI is InChI=1S/C28H34O/c1-3-5-22-29-28-20-18-27(19-21-28)26-16-14-25(15-17-26)9-7-6-8-24-12-10-23(4-2)11-13-24/h7,9-13,18-21,25-26H,3-5,14-17,22H2,1-2H3/b9-7+. The van der Waals surface area contributed by atoms with E-state index in [1.165, 1.54) is 43.2 Å². The zero-order chi connectivity index (χ0) is 20.3. The van der Waals surface area contributed by atoms with Gasteiger partial charge >= 0.3 is 0 Å². The normalized spacial score (nSPS) is 19.0. The van der Waals surface area contributed by atoms with Gasteiger partial charge in [-0.3, -0.25) is 0 Å². The number of ether oxygens (including phenoxy) is 1. The Morgan fingerprint density at radius 3 is 2.31 bits per heavy atom. The highest BCUT2D eigenvalue weighted by atomic mass is 16.5. The van der Waals surface area contributed by atoms with Crippen LogP contribution >= 0.6 is 0 Å². The molecule has 2 aromatic carbocycles. The molecule has 0 atom stereocenters. The highest BCUT2D eigenvalue weighted by molar-refractivity contribution is 5.38. The van der Waals surface area contributed by atoms with E-state index in [9.17, 15) is 0 Å². The van der Waals surface area contributed by atoms with Crippen LogP contribution in [0.5, 0.6) is 5.75 Å². The summed E-state index contributed by atoms with van der Waals surface area (Å²) in [5, 5.41) is 0. The van der Waals surface area contributed by atoms with Crippen LogP contribution in [0.3, 0.4) is 0 Å². The second-order valence-electron chi connectivity index (χ2n) is 8.06. The van der Waals surface area contributed by atoms with Crippen molar-refractivity contribution in [1.82, 2.24) is 0 Å². The maximum absolute atomic E-state index is 5.78. The first kappa shape index (κ1) is 21.3. The molecule has 0 bridgehead atoms. The van der Waals surface area contributed by atoms with Gasteiger partial charge in [-0.25, -0.2) is 0 Å². The lowest BCUT2D eigenvalue weighted by molar-refractivity contribution is 0.309. The Morgan fingerprint density at radius 2 is 1.66 bits per heavy atom. The Morgan fingerprint density at radius 1 is 0.931 bits per heavy atom. The smallest absolute Gasteiger partial charge is 0.119 e. The lowest BCUT2D eigenvalue weighted by Gasteiger charge is -2.27. The molecule has 2 aromatic rings. The topological polar surface area (TPSA) is 9.23 Å². The van der Waals surface area contributed by atoms with Gasteiger partial charge in [-0.15, -0.1) is 0 Å². The number of hydrogen-bond donors (Lipinski definition) is 0. The van der Waals surface area contributed by atoms with Crippen molar-refractivity contribution in [2.45, 2.75) is 64.7 Å². The Hall–Kier alpha value is -2.46. The summed E-state index contributed by atoms with van der Waals surface area (Å²) in [6.45, 7) is 5.19. The van der Waals surface area contributed by atoms with Crippen molar-refractivity contribution >= 4 is 0 Å². The molecule has 0 N–H and O–H groups in total. The molecule has 0 radical (unpaired) electrons. The summed E-state index contributed by atoms with van der Waals surface area (Å²) in [5.41, 5.74) is 3.92. The van der Waals surface area contributed by atoms with Gasteiger partial charge in [-0.05, 0) is 91.8 Å². The number of benzene rings is 2. The van der Waals surface area contributed by atoms with Crippen LogP contribution in [-0.4, -0.2) is 6.61 Å². The lowest BCUT2D eigenvalue weighted by atomic mass is 9.78. The highest BCUT2D eigenvalue weighted by Crippen LogP contribution is 2.36. The average Bonchev–Trinajstić information content (AvgIpc) is 2.78. The summed E-state index contributed by atoms with van der Waals surface area (Å²) in [5.74, 6) is 8.81. The molecule has 0 saturated heterocycles. The van der Waals surface area contributed by atoms with E-state index in [0.717, 1.165) is 30.8 Å². The zero-order valence-corrected chi connectivity index (χ0v) is 18.0. The summed E-state index contributed by atoms with van der Waals surface area (Å²) in [6.07, 6.45) is 12.8. The molecule has 1 heteroatoms. The molecule has 0 spiro atoms. The first-order chi connectivity index (χ1) is 14.3. The molecule has 0 aliphatic heterocycles.